The Morgan fingerprint density at radius 1 is 1.23 bits per heavy atom. The molecule has 0 N–H and O–H groups in total. The van der Waals surface area contributed by atoms with Gasteiger partial charge in [0.2, 0.25) is 0 Å². The molecule has 0 bridgehead atoms. The van der Waals surface area contributed by atoms with E-state index in [0.29, 0.717) is 6.54 Å². The van der Waals surface area contributed by atoms with Crippen molar-refractivity contribution in [2.75, 3.05) is 0 Å². The third-order valence-corrected chi connectivity index (χ3v) is 5.61. The van der Waals surface area contributed by atoms with Crippen LogP contribution in [0, 0.1) is 10.5 Å². The Bertz CT molecular complexity index is 1130. The van der Waals surface area contributed by atoms with Crippen molar-refractivity contribution in [2.24, 2.45) is 7.05 Å². The quantitative estimate of drug-likeness (QED) is 0.383. The molecular formula is C19H17IN6. The Kier molecular flexibility index (Phi) is 3.53. The lowest BCUT2D eigenvalue weighted by molar-refractivity contribution is 0.662. The maximum absolute atomic E-state index is 4.90. The van der Waals surface area contributed by atoms with Crippen molar-refractivity contribution in [3.05, 3.63) is 69.3 Å². The Balaban J connectivity index is 1.69. The van der Waals surface area contributed by atoms with Crippen molar-refractivity contribution in [1.82, 2.24) is 28.9 Å². The molecular weight excluding hydrogens is 439 g/mol. The average molecular weight is 456 g/mol. The van der Waals surface area contributed by atoms with Gasteiger partial charge in [0.05, 0.1) is 29.9 Å². The predicted octanol–water partition coefficient (Wildman–Crippen LogP) is 3.33. The fraction of sp³-hybridized carbons (Fsp3) is 0.211. The van der Waals surface area contributed by atoms with Crippen LogP contribution in [-0.2, 0) is 20.0 Å². The van der Waals surface area contributed by atoms with Crippen LogP contribution in [-0.4, -0.2) is 28.9 Å². The number of rotatable bonds is 2. The van der Waals surface area contributed by atoms with E-state index in [-0.39, 0.29) is 0 Å². The Labute approximate surface area is 164 Å². The van der Waals surface area contributed by atoms with E-state index < -0.39 is 0 Å². The molecule has 130 valence electrons. The summed E-state index contributed by atoms with van der Waals surface area (Å²) in [7, 11) is 2.05. The van der Waals surface area contributed by atoms with Crippen molar-refractivity contribution in [1.29, 1.82) is 0 Å². The standard InChI is InChI=1S/C19H17IN6/c1-12-17-10-26-19(22-18(23-26)9-14-4-3-7-24(14)2)15-8-13(20)5-6-16(15)25(17)11-21-12/h3-8,11H,9-10H2,1-2H3. The van der Waals surface area contributed by atoms with Gasteiger partial charge < -0.3 is 9.13 Å². The third-order valence-electron chi connectivity index (χ3n) is 4.94. The summed E-state index contributed by atoms with van der Waals surface area (Å²) in [6.45, 7) is 2.72. The van der Waals surface area contributed by atoms with Gasteiger partial charge in [-0.15, -0.1) is 0 Å². The zero-order valence-corrected chi connectivity index (χ0v) is 16.7. The van der Waals surface area contributed by atoms with Gasteiger partial charge in [-0.1, -0.05) is 0 Å². The van der Waals surface area contributed by atoms with Crippen LogP contribution >= 0.6 is 22.6 Å². The highest BCUT2D eigenvalue weighted by Crippen LogP contribution is 2.32. The van der Waals surface area contributed by atoms with Gasteiger partial charge in [0.15, 0.2) is 11.6 Å². The molecule has 0 saturated carbocycles. The zero-order chi connectivity index (χ0) is 17.8. The number of aryl methyl sites for hydroxylation is 2. The molecule has 0 radical (unpaired) electrons. The highest BCUT2D eigenvalue weighted by atomic mass is 127. The van der Waals surface area contributed by atoms with Gasteiger partial charge in [0.25, 0.3) is 0 Å². The largest absolute Gasteiger partial charge is 0.354 e. The maximum atomic E-state index is 4.90. The third kappa shape index (κ3) is 2.41. The second kappa shape index (κ2) is 5.80. The number of halogens is 1. The molecule has 0 atom stereocenters. The Hall–Kier alpha value is -2.42. The number of aromatic nitrogens is 6. The minimum Gasteiger partial charge on any atom is -0.354 e. The molecule has 1 aliphatic heterocycles. The summed E-state index contributed by atoms with van der Waals surface area (Å²) in [6, 6.07) is 10.6. The van der Waals surface area contributed by atoms with Crippen LogP contribution in [0.3, 0.4) is 0 Å². The summed E-state index contributed by atoms with van der Waals surface area (Å²) in [5.41, 5.74) is 5.59. The van der Waals surface area contributed by atoms with Gasteiger partial charge >= 0.3 is 0 Å². The monoisotopic (exact) mass is 456 g/mol. The lowest BCUT2D eigenvalue weighted by Gasteiger charge is -2.08. The fourth-order valence-electron chi connectivity index (χ4n) is 3.52. The van der Waals surface area contributed by atoms with E-state index in [0.717, 1.165) is 40.7 Å². The number of fused-ring (bicyclic) bond motifs is 5. The van der Waals surface area contributed by atoms with Crippen molar-refractivity contribution >= 4 is 22.6 Å². The molecule has 0 amide bonds. The van der Waals surface area contributed by atoms with E-state index in [1.165, 1.54) is 9.26 Å². The zero-order valence-electron chi connectivity index (χ0n) is 14.5. The summed E-state index contributed by atoms with van der Waals surface area (Å²) >= 11 is 2.35. The van der Waals surface area contributed by atoms with Crippen molar-refractivity contribution in [2.45, 2.75) is 19.9 Å². The molecule has 0 fully saturated rings. The van der Waals surface area contributed by atoms with E-state index >= 15 is 0 Å². The Morgan fingerprint density at radius 3 is 2.92 bits per heavy atom. The van der Waals surface area contributed by atoms with Gasteiger partial charge in [-0.05, 0) is 59.8 Å². The number of imidazole rings is 1. The molecule has 6 nitrogen and oxygen atoms in total. The first-order valence-electron chi connectivity index (χ1n) is 8.47. The molecule has 7 heteroatoms. The Morgan fingerprint density at radius 2 is 2.12 bits per heavy atom. The van der Waals surface area contributed by atoms with Crippen LogP contribution in [0.1, 0.15) is 22.9 Å². The molecule has 5 rings (SSSR count). The van der Waals surface area contributed by atoms with Crippen LogP contribution in [0.15, 0.2) is 42.9 Å². The van der Waals surface area contributed by atoms with Gasteiger partial charge in [0, 0.05) is 34.5 Å². The van der Waals surface area contributed by atoms with Crippen LogP contribution in [0.5, 0.6) is 0 Å². The van der Waals surface area contributed by atoms with E-state index in [1.807, 2.05) is 17.9 Å². The second-order valence-electron chi connectivity index (χ2n) is 6.60. The maximum Gasteiger partial charge on any atom is 0.160 e. The van der Waals surface area contributed by atoms with Gasteiger partial charge in [-0.25, -0.2) is 14.6 Å². The molecule has 26 heavy (non-hydrogen) atoms. The molecule has 4 aromatic rings. The number of hydrogen-bond acceptors (Lipinski definition) is 3. The minimum absolute atomic E-state index is 0.673. The first-order valence-corrected chi connectivity index (χ1v) is 9.55. The highest BCUT2D eigenvalue weighted by Gasteiger charge is 2.24. The molecule has 0 aliphatic carbocycles. The molecule has 1 aliphatic rings. The van der Waals surface area contributed by atoms with Crippen LogP contribution in [0.4, 0.5) is 0 Å². The second-order valence-corrected chi connectivity index (χ2v) is 7.85. The van der Waals surface area contributed by atoms with Gasteiger partial charge in [0.1, 0.15) is 0 Å². The molecule has 3 aromatic heterocycles. The summed E-state index contributed by atoms with van der Waals surface area (Å²) in [4.78, 5) is 9.41. The van der Waals surface area contributed by atoms with E-state index in [2.05, 4.69) is 80.3 Å². The molecule has 0 unspecified atom stereocenters. The van der Waals surface area contributed by atoms with E-state index in [1.54, 1.807) is 0 Å². The fourth-order valence-corrected chi connectivity index (χ4v) is 4.01. The summed E-state index contributed by atoms with van der Waals surface area (Å²) in [5.74, 6) is 1.77. The number of benzene rings is 1. The van der Waals surface area contributed by atoms with E-state index in [4.69, 9.17) is 10.1 Å². The summed E-state index contributed by atoms with van der Waals surface area (Å²) in [6.07, 6.45) is 4.67. The smallest absolute Gasteiger partial charge is 0.160 e. The lowest BCUT2D eigenvalue weighted by Crippen LogP contribution is -2.06. The van der Waals surface area contributed by atoms with Gasteiger partial charge in [-0.2, -0.15) is 5.10 Å². The van der Waals surface area contributed by atoms with Crippen LogP contribution in [0.25, 0.3) is 17.1 Å². The van der Waals surface area contributed by atoms with Crippen molar-refractivity contribution in [3.8, 4) is 17.1 Å². The highest BCUT2D eigenvalue weighted by molar-refractivity contribution is 14.1. The molecule has 0 saturated heterocycles. The van der Waals surface area contributed by atoms with Crippen molar-refractivity contribution in [3.63, 3.8) is 0 Å². The molecule has 0 spiro atoms. The van der Waals surface area contributed by atoms with Crippen LogP contribution in [0.2, 0.25) is 0 Å². The number of hydrogen-bond donors (Lipinski definition) is 0. The average Bonchev–Trinajstić information content (AvgIpc) is 3.28. The summed E-state index contributed by atoms with van der Waals surface area (Å²) < 4.78 is 7.47. The van der Waals surface area contributed by atoms with Crippen LogP contribution < -0.4 is 0 Å². The topological polar surface area (TPSA) is 53.5 Å². The minimum atomic E-state index is 0.673. The number of nitrogens with zero attached hydrogens (tertiary/aromatic N) is 6. The normalized spacial score (nSPS) is 12.4. The van der Waals surface area contributed by atoms with E-state index in [9.17, 15) is 0 Å². The first-order chi connectivity index (χ1) is 12.6. The molecule has 4 heterocycles. The van der Waals surface area contributed by atoms with Crippen molar-refractivity contribution < 1.29 is 0 Å². The predicted molar refractivity (Wildman–Crippen MR) is 107 cm³/mol. The lowest BCUT2D eigenvalue weighted by atomic mass is 10.1. The van der Waals surface area contributed by atoms with Gasteiger partial charge in [-0.3, -0.25) is 0 Å². The first kappa shape index (κ1) is 15.8. The SMILES string of the molecule is Cc1ncn2c1Cn1nc(Cc3cccn3C)nc1-c1cc(I)ccc1-2. The summed E-state index contributed by atoms with van der Waals surface area (Å²) in [5, 5.41) is 4.82. The molecule has 1 aromatic carbocycles.